The van der Waals surface area contributed by atoms with Crippen LogP contribution in [0.4, 0.5) is 17.5 Å². The Balaban J connectivity index is 1.51. The largest absolute Gasteiger partial charge is 0.387 e. The number of carbonyl (C=O) groups excluding carboxylic acids is 2. The monoisotopic (exact) mass is 444 g/mol. The predicted octanol–water partition coefficient (Wildman–Crippen LogP) is 2.01. The molecule has 1 aromatic heterocycles. The maximum atomic E-state index is 13.0. The number of nitrogens with one attached hydrogen (secondary N) is 1. The van der Waals surface area contributed by atoms with Crippen molar-refractivity contribution in [2.45, 2.75) is 76.9 Å². The van der Waals surface area contributed by atoms with Crippen LogP contribution < -0.4 is 15.1 Å². The van der Waals surface area contributed by atoms with Crippen LogP contribution in [-0.4, -0.2) is 76.7 Å². The molecule has 3 aliphatic rings. The number of aromatic nitrogens is 2. The number of likely N-dealkylation sites (tertiary alicyclic amines) is 1. The number of rotatable bonds is 6. The van der Waals surface area contributed by atoms with Gasteiger partial charge in [-0.1, -0.05) is 19.8 Å². The van der Waals surface area contributed by atoms with Crippen LogP contribution in [0.5, 0.6) is 0 Å². The van der Waals surface area contributed by atoms with Crippen molar-refractivity contribution in [3.63, 3.8) is 0 Å². The fraction of sp³-hybridized carbons (Fsp3) is 0.739. The van der Waals surface area contributed by atoms with Gasteiger partial charge in [0, 0.05) is 32.2 Å². The van der Waals surface area contributed by atoms with Gasteiger partial charge in [0.2, 0.25) is 17.8 Å². The third-order valence-electron chi connectivity index (χ3n) is 7.50. The van der Waals surface area contributed by atoms with E-state index in [2.05, 4.69) is 29.0 Å². The number of aliphatic hydroxyl groups excluding tert-OH is 1. The van der Waals surface area contributed by atoms with Crippen molar-refractivity contribution in [3.8, 4) is 0 Å². The van der Waals surface area contributed by atoms with Crippen LogP contribution in [0.1, 0.15) is 58.8 Å². The van der Waals surface area contributed by atoms with E-state index in [0.29, 0.717) is 31.0 Å². The molecule has 32 heavy (non-hydrogen) atoms. The highest BCUT2D eigenvalue weighted by atomic mass is 16.3. The first-order valence-electron chi connectivity index (χ1n) is 12.0. The molecule has 0 unspecified atom stereocenters. The van der Waals surface area contributed by atoms with Gasteiger partial charge in [-0.05, 0) is 44.9 Å². The minimum Gasteiger partial charge on any atom is -0.387 e. The Labute approximate surface area is 190 Å². The van der Waals surface area contributed by atoms with Crippen LogP contribution in [-0.2, 0) is 9.59 Å². The van der Waals surface area contributed by atoms with Crippen molar-refractivity contribution in [3.05, 3.63) is 6.20 Å². The normalized spacial score (nSPS) is 23.4. The molecule has 0 radical (unpaired) electrons. The Morgan fingerprint density at radius 1 is 1.25 bits per heavy atom. The summed E-state index contributed by atoms with van der Waals surface area (Å²) in [4.78, 5) is 39.9. The number of hydrogen-bond acceptors (Lipinski definition) is 7. The molecule has 1 saturated heterocycles. The Morgan fingerprint density at radius 3 is 2.56 bits per heavy atom. The van der Waals surface area contributed by atoms with Crippen molar-refractivity contribution in [2.75, 3.05) is 41.9 Å². The molecular weight excluding hydrogens is 408 g/mol. The first-order chi connectivity index (χ1) is 15.4. The smallest absolute Gasteiger partial charge is 0.249 e. The molecule has 2 amide bonds. The number of fused-ring (bicyclic) bond motifs is 1. The highest BCUT2D eigenvalue weighted by Crippen LogP contribution is 2.40. The van der Waals surface area contributed by atoms with Gasteiger partial charge < -0.3 is 25.1 Å². The Hall–Kier alpha value is -2.42. The van der Waals surface area contributed by atoms with Crippen molar-refractivity contribution < 1.29 is 14.7 Å². The summed E-state index contributed by atoms with van der Waals surface area (Å²) in [5, 5.41) is 12.6. The number of carbonyl (C=O) groups is 2. The van der Waals surface area contributed by atoms with Gasteiger partial charge in [0.25, 0.3) is 0 Å². The molecule has 1 aromatic rings. The first-order valence-corrected chi connectivity index (χ1v) is 12.0. The summed E-state index contributed by atoms with van der Waals surface area (Å²) in [5.41, 5.74) is 0.778. The summed E-state index contributed by atoms with van der Waals surface area (Å²) in [7, 11) is 1.82. The lowest BCUT2D eigenvalue weighted by molar-refractivity contribution is -0.135. The third-order valence-corrected chi connectivity index (χ3v) is 7.50. The van der Waals surface area contributed by atoms with Crippen molar-refractivity contribution in [1.29, 1.82) is 0 Å². The van der Waals surface area contributed by atoms with Crippen LogP contribution in [0.3, 0.4) is 0 Å². The highest BCUT2D eigenvalue weighted by Gasteiger charge is 2.41. The van der Waals surface area contributed by atoms with E-state index in [1.807, 2.05) is 7.05 Å². The highest BCUT2D eigenvalue weighted by molar-refractivity contribution is 6.04. The topological polar surface area (TPSA) is 102 Å². The first kappa shape index (κ1) is 22.8. The zero-order valence-electron chi connectivity index (χ0n) is 19.5. The molecule has 2 N–H and O–H groups in total. The molecule has 3 heterocycles. The number of aliphatic hydroxyl groups is 1. The average molecular weight is 445 g/mol. The van der Waals surface area contributed by atoms with Crippen molar-refractivity contribution >= 4 is 29.3 Å². The standard InChI is InChI=1S/C23H36N6O3/c1-4-18-22(32)27(3)19-13-24-23(26-21(19)29(18)17-7-5-6-8-17)25-15(2)16-9-11-28(12-10-16)20(31)14-30/h13,15-18,30H,4-12,14H2,1-3H3,(H,24,25,26)/t15-,18+/m0/s1. The SMILES string of the molecule is CC[C@@H]1C(=O)N(C)c2cnc(N[C@@H](C)C3CCN(C(=O)CO)CC3)nc2N1C1CCCC1. The Bertz CT molecular complexity index is 835. The maximum Gasteiger partial charge on any atom is 0.249 e. The van der Waals surface area contributed by atoms with Crippen LogP contribution in [0.25, 0.3) is 0 Å². The quantitative estimate of drug-likeness (QED) is 0.692. The van der Waals surface area contributed by atoms with Crippen molar-refractivity contribution in [2.24, 2.45) is 5.92 Å². The zero-order chi connectivity index (χ0) is 22.8. The molecule has 176 valence electrons. The molecule has 1 aliphatic carbocycles. The summed E-state index contributed by atoms with van der Waals surface area (Å²) in [6, 6.07) is 0.332. The Morgan fingerprint density at radius 2 is 1.94 bits per heavy atom. The summed E-state index contributed by atoms with van der Waals surface area (Å²) in [6.07, 6.45) is 8.88. The van der Waals surface area contributed by atoms with Crippen LogP contribution in [0.15, 0.2) is 6.20 Å². The molecule has 1 saturated carbocycles. The van der Waals surface area contributed by atoms with Gasteiger partial charge in [0.15, 0.2) is 5.82 Å². The molecule has 9 nitrogen and oxygen atoms in total. The van der Waals surface area contributed by atoms with Crippen molar-refractivity contribution in [1.82, 2.24) is 14.9 Å². The van der Waals surface area contributed by atoms with E-state index in [0.717, 1.165) is 43.6 Å². The van der Waals surface area contributed by atoms with Gasteiger partial charge in [-0.2, -0.15) is 4.98 Å². The van der Waals surface area contributed by atoms with Crippen LogP contribution >= 0.6 is 0 Å². The van der Waals surface area contributed by atoms with Gasteiger partial charge in [0.1, 0.15) is 18.3 Å². The van der Waals surface area contributed by atoms with Crippen LogP contribution in [0, 0.1) is 5.92 Å². The molecule has 2 aliphatic heterocycles. The Kier molecular flexibility index (Phi) is 6.83. The van der Waals surface area contributed by atoms with E-state index in [9.17, 15) is 9.59 Å². The zero-order valence-corrected chi connectivity index (χ0v) is 19.5. The number of anilines is 3. The minimum atomic E-state index is -0.422. The van der Waals surface area contributed by atoms with E-state index in [1.165, 1.54) is 12.8 Å². The number of hydrogen-bond donors (Lipinski definition) is 2. The van der Waals surface area contributed by atoms with E-state index in [-0.39, 0.29) is 23.9 Å². The minimum absolute atomic E-state index is 0.119. The van der Waals surface area contributed by atoms with E-state index >= 15 is 0 Å². The number of likely N-dealkylation sites (N-methyl/N-ethyl adjacent to an activating group) is 1. The van der Waals surface area contributed by atoms with Gasteiger partial charge in [0.05, 0.1) is 6.20 Å². The second-order valence-corrected chi connectivity index (χ2v) is 9.38. The fourth-order valence-electron chi connectivity index (χ4n) is 5.52. The van der Waals surface area contributed by atoms with Gasteiger partial charge >= 0.3 is 0 Å². The molecule has 9 heteroatoms. The lowest BCUT2D eigenvalue weighted by Crippen LogP contribution is -2.55. The van der Waals surface area contributed by atoms with E-state index in [1.54, 1.807) is 16.0 Å². The van der Waals surface area contributed by atoms with E-state index < -0.39 is 6.61 Å². The predicted molar refractivity (Wildman–Crippen MR) is 124 cm³/mol. The average Bonchev–Trinajstić information content (AvgIpc) is 3.35. The van der Waals surface area contributed by atoms with Gasteiger partial charge in [-0.3, -0.25) is 9.59 Å². The third kappa shape index (κ3) is 4.27. The maximum absolute atomic E-state index is 13.0. The lowest BCUT2D eigenvalue weighted by atomic mass is 9.90. The summed E-state index contributed by atoms with van der Waals surface area (Å²) < 4.78 is 0. The van der Waals surface area contributed by atoms with Gasteiger partial charge in [-0.15, -0.1) is 0 Å². The van der Waals surface area contributed by atoms with E-state index in [4.69, 9.17) is 10.1 Å². The lowest BCUT2D eigenvalue weighted by Gasteiger charge is -2.43. The van der Waals surface area contributed by atoms with Crippen LogP contribution in [0.2, 0.25) is 0 Å². The number of amides is 2. The van der Waals surface area contributed by atoms with Gasteiger partial charge in [-0.25, -0.2) is 4.98 Å². The second kappa shape index (κ2) is 9.60. The molecule has 0 spiro atoms. The number of nitrogens with zero attached hydrogens (tertiary/aromatic N) is 5. The number of piperidine rings is 1. The molecular formula is C23H36N6O3. The molecule has 0 bridgehead atoms. The molecule has 0 aromatic carbocycles. The molecule has 2 fully saturated rings. The molecule has 4 rings (SSSR count). The summed E-state index contributed by atoms with van der Waals surface area (Å²) in [6.45, 7) is 5.12. The summed E-state index contributed by atoms with van der Waals surface area (Å²) in [5.74, 6) is 1.77. The second-order valence-electron chi connectivity index (χ2n) is 9.38. The molecule has 2 atom stereocenters. The summed E-state index contributed by atoms with van der Waals surface area (Å²) >= 11 is 0. The fourth-order valence-corrected chi connectivity index (χ4v) is 5.52.